The van der Waals surface area contributed by atoms with Gasteiger partial charge in [0.2, 0.25) is 0 Å². The fourth-order valence-electron chi connectivity index (χ4n) is 3.08. The number of amides is 1. The number of carbonyl (C=O) groups excluding carboxylic acids is 1. The second kappa shape index (κ2) is 6.92. The summed E-state index contributed by atoms with van der Waals surface area (Å²) in [6.07, 6.45) is 3.88. The summed E-state index contributed by atoms with van der Waals surface area (Å²) in [5.74, 6) is 0.0520. The lowest BCUT2D eigenvalue weighted by molar-refractivity contribution is 0.0788. The van der Waals surface area contributed by atoms with E-state index in [2.05, 4.69) is 42.2 Å². The summed E-state index contributed by atoms with van der Waals surface area (Å²) in [4.78, 5) is 21.2. The monoisotopic (exact) mass is 309 g/mol. The SMILES string of the molecule is CN(C)Cc1cccc(-c2cccnc2C(=O)N2CCCC2)c1. The summed E-state index contributed by atoms with van der Waals surface area (Å²) in [5.41, 5.74) is 3.78. The molecule has 0 aliphatic carbocycles. The molecule has 0 unspecified atom stereocenters. The molecule has 1 aromatic heterocycles. The molecule has 120 valence electrons. The minimum atomic E-state index is 0.0520. The van der Waals surface area contributed by atoms with Crippen LogP contribution in [0.3, 0.4) is 0 Å². The lowest BCUT2D eigenvalue weighted by Gasteiger charge is -2.17. The minimum Gasteiger partial charge on any atom is -0.337 e. The van der Waals surface area contributed by atoms with Crippen LogP contribution in [0.15, 0.2) is 42.6 Å². The first-order valence-electron chi connectivity index (χ1n) is 8.13. The Morgan fingerprint density at radius 1 is 1.17 bits per heavy atom. The molecule has 2 heterocycles. The van der Waals surface area contributed by atoms with E-state index in [4.69, 9.17) is 0 Å². The summed E-state index contributed by atoms with van der Waals surface area (Å²) >= 11 is 0. The Hall–Kier alpha value is -2.20. The van der Waals surface area contributed by atoms with Gasteiger partial charge >= 0.3 is 0 Å². The Morgan fingerprint density at radius 2 is 1.96 bits per heavy atom. The number of aromatic nitrogens is 1. The van der Waals surface area contributed by atoms with Gasteiger partial charge in [0.25, 0.3) is 5.91 Å². The first-order chi connectivity index (χ1) is 11.1. The summed E-state index contributed by atoms with van der Waals surface area (Å²) < 4.78 is 0. The topological polar surface area (TPSA) is 36.4 Å². The molecule has 1 aliphatic rings. The molecular weight excluding hydrogens is 286 g/mol. The third-order valence-electron chi connectivity index (χ3n) is 4.14. The predicted molar refractivity (Wildman–Crippen MR) is 92.2 cm³/mol. The number of benzene rings is 1. The Labute approximate surface area is 137 Å². The number of nitrogens with zero attached hydrogens (tertiary/aromatic N) is 3. The van der Waals surface area contributed by atoms with E-state index in [1.165, 1.54) is 5.56 Å². The number of rotatable bonds is 4. The van der Waals surface area contributed by atoms with Crippen molar-refractivity contribution < 1.29 is 4.79 Å². The van der Waals surface area contributed by atoms with Crippen molar-refractivity contribution in [3.05, 3.63) is 53.9 Å². The van der Waals surface area contributed by atoms with Crippen LogP contribution in [0.5, 0.6) is 0 Å². The van der Waals surface area contributed by atoms with Gasteiger partial charge in [0.15, 0.2) is 0 Å². The van der Waals surface area contributed by atoms with Crippen LogP contribution in [-0.2, 0) is 6.54 Å². The van der Waals surface area contributed by atoms with Crippen molar-refractivity contribution in [3.63, 3.8) is 0 Å². The molecule has 0 radical (unpaired) electrons. The van der Waals surface area contributed by atoms with E-state index in [1.807, 2.05) is 23.1 Å². The quantitative estimate of drug-likeness (QED) is 0.871. The van der Waals surface area contributed by atoms with Gasteiger partial charge in [-0.15, -0.1) is 0 Å². The molecule has 1 amide bonds. The molecule has 4 nitrogen and oxygen atoms in total. The second-order valence-corrected chi connectivity index (χ2v) is 6.34. The summed E-state index contributed by atoms with van der Waals surface area (Å²) in [5, 5.41) is 0. The van der Waals surface area contributed by atoms with Crippen LogP contribution in [-0.4, -0.2) is 47.9 Å². The molecule has 1 fully saturated rings. The van der Waals surface area contributed by atoms with Crippen LogP contribution < -0.4 is 0 Å². The molecule has 0 saturated carbocycles. The highest BCUT2D eigenvalue weighted by Crippen LogP contribution is 2.25. The van der Waals surface area contributed by atoms with Crippen molar-refractivity contribution in [2.24, 2.45) is 0 Å². The van der Waals surface area contributed by atoms with E-state index in [1.54, 1.807) is 6.20 Å². The van der Waals surface area contributed by atoms with Gasteiger partial charge in [0.1, 0.15) is 5.69 Å². The molecule has 0 bridgehead atoms. The van der Waals surface area contributed by atoms with Crippen molar-refractivity contribution in [2.45, 2.75) is 19.4 Å². The van der Waals surface area contributed by atoms with Crippen molar-refractivity contribution in [3.8, 4) is 11.1 Å². The number of hydrogen-bond acceptors (Lipinski definition) is 3. The Bertz CT molecular complexity index is 691. The number of pyridine rings is 1. The maximum atomic E-state index is 12.8. The van der Waals surface area contributed by atoms with Crippen molar-refractivity contribution >= 4 is 5.91 Å². The number of carbonyl (C=O) groups is 1. The fourth-order valence-corrected chi connectivity index (χ4v) is 3.08. The predicted octanol–water partition coefficient (Wildman–Crippen LogP) is 3.05. The smallest absolute Gasteiger partial charge is 0.273 e. The van der Waals surface area contributed by atoms with Gasteiger partial charge in [0.05, 0.1) is 0 Å². The van der Waals surface area contributed by atoms with Gasteiger partial charge in [-0.2, -0.15) is 0 Å². The second-order valence-electron chi connectivity index (χ2n) is 6.34. The zero-order chi connectivity index (χ0) is 16.2. The standard InChI is InChI=1S/C19H23N3O/c1-21(2)14-15-7-5-8-16(13-15)17-9-6-10-20-18(17)19(23)22-11-3-4-12-22/h5-10,13H,3-4,11-12,14H2,1-2H3. The van der Waals surface area contributed by atoms with Crippen LogP contribution >= 0.6 is 0 Å². The molecule has 1 aliphatic heterocycles. The van der Waals surface area contributed by atoms with E-state index in [-0.39, 0.29) is 5.91 Å². The van der Waals surface area contributed by atoms with Crippen molar-refractivity contribution in [2.75, 3.05) is 27.2 Å². The average molecular weight is 309 g/mol. The van der Waals surface area contributed by atoms with Crippen LogP contribution in [0.4, 0.5) is 0 Å². The molecule has 0 N–H and O–H groups in total. The summed E-state index contributed by atoms with van der Waals surface area (Å²) in [6, 6.07) is 12.3. The van der Waals surface area contributed by atoms with E-state index in [9.17, 15) is 4.79 Å². The highest BCUT2D eigenvalue weighted by atomic mass is 16.2. The Balaban J connectivity index is 1.95. The van der Waals surface area contributed by atoms with Crippen LogP contribution in [0.25, 0.3) is 11.1 Å². The van der Waals surface area contributed by atoms with E-state index >= 15 is 0 Å². The van der Waals surface area contributed by atoms with Gasteiger partial charge in [-0.1, -0.05) is 24.3 Å². The number of hydrogen-bond donors (Lipinski definition) is 0. The van der Waals surface area contributed by atoms with E-state index in [0.717, 1.165) is 43.6 Å². The number of likely N-dealkylation sites (tertiary alicyclic amines) is 1. The average Bonchev–Trinajstić information content (AvgIpc) is 3.08. The van der Waals surface area contributed by atoms with Gasteiger partial charge in [0, 0.05) is 31.4 Å². The van der Waals surface area contributed by atoms with Gasteiger partial charge in [-0.25, -0.2) is 0 Å². The van der Waals surface area contributed by atoms with Crippen LogP contribution in [0.2, 0.25) is 0 Å². The Kier molecular flexibility index (Phi) is 4.72. The van der Waals surface area contributed by atoms with Crippen molar-refractivity contribution in [1.82, 2.24) is 14.8 Å². The lowest BCUT2D eigenvalue weighted by atomic mass is 10.0. The lowest BCUT2D eigenvalue weighted by Crippen LogP contribution is -2.28. The molecule has 2 aromatic rings. The molecule has 23 heavy (non-hydrogen) atoms. The minimum absolute atomic E-state index is 0.0520. The first kappa shape index (κ1) is 15.7. The van der Waals surface area contributed by atoms with E-state index in [0.29, 0.717) is 5.69 Å². The van der Waals surface area contributed by atoms with Crippen molar-refractivity contribution in [1.29, 1.82) is 0 Å². The molecule has 1 aromatic carbocycles. The highest BCUT2D eigenvalue weighted by molar-refractivity contribution is 5.99. The Morgan fingerprint density at radius 3 is 2.70 bits per heavy atom. The maximum absolute atomic E-state index is 12.8. The molecule has 0 atom stereocenters. The highest BCUT2D eigenvalue weighted by Gasteiger charge is 2.23. The molecule has 3 rings (SSSR count). The normalized spacial score (nSPS) is 14.5. The van der Waals surface area contributed by atoms with Gasteiger partial charge in [-0.05, 0) is 50.2 Å². The van der Waals surface area contributed by atoms with Gasteiger partial charge < -0.3 is 9.80 Å². The third-order valence-corrected chi connectivity index (χ3v) is 4.14. The van der Waals surface area contributed by atoms with Crippen LogP contribution in [0, 0.1) is 0 Å². The van der Waals surface area contributed by atoms with Gasteiger partial charge in [-0.3, -0.25) is 9.78 Å². The molecule has 0 spiro atoms. The zero-order valence-electron chi connectivity index (χ0n) is 13.8. The first-order valence-corrected chi connectivity index (χ1v) is 8.13. The maximum Gasteiger partial charge on any atom is 0.273 e. The fraction of sp³-hybridized carbons (Fsp3) is 0.368. The van der Waals surface area contributed by atoms with E-state index < -0.39 is 0 Å². The molecular formula is C19H23N3O. The van der Waals surface area contributed by atoms with Crippen LogP contribution in [0.1, 0.15) is 28.9 Å². The third kappa shape index (κ3) is 3.59. The molecule has 1 saturated heterocycles. The zero-order valence-corrected chi connectivity index (χ0v) is 13.8. The molecule has 4 heteroatoms. The summed E-state index contributed by atoms with van der Waals surface area (Å²) in [7, 11) is 4.11. The largest absolute Gasteiger partial charge is 0.337 e. The summed E-state index contributed by atoms with van der Waals surface area (Å²) in [6.45, 7) is 2.56.